The molecule has 2 aliphatic rings. The van der Waals surface area contributed by atoms with Crippen molar-refractivity contribution in [2.24, 2.45) is 0 Å². The molecule has 0 aromatic rings. The molecule has 0 radical (unpaired) electrons. The van der Waals surface area contributed by atoms with Gasteiger partial charge in [0, 0.05) is 11.1 Å². The van der Waals surface area contributed by atoms with Crippen LogP contribution < -0.4 is 0 Å². The smallest absolute Gasteiger partial charge is 0.144 e. The van der Waals surface area contributed by atoms with Crippen molar-refractivity contribution in [3.8, 4) is 0 Å². The molecule has 0 spiro atoms. The average molecular weight is 313 g/mol. The summed E-state index contributed by atoms with van der Waals surface area (Å²) < 4.78 is 0. The predicted octanol–water partition coefficient (Wildman–Crippen LogP) is 6.24. The molecule has 2 atom stereocenters. The third-order valence-electron chi connectivity index (χ3n) is 4.68. The highest BCUT2D eigenvalue weighted by Gasteiger charge is 2.51. The minimum Gasteiger partial charge on any atom is -0.144 e. The van der Waals surface area contributed by atoms with Crippen LogP contribution in [0.15, 0.2) is 45.6 Å². The summed E-state index contributed by atoms with van der Waals surface area (Å²) in [4.78, 5) is 0. The molecule has 0 saturated carbocycles. The van der Waals surface area contributed by atoms with Crippen molar-refractivity contribution in [3.05, 3.63) is 45.6 Å². The Bertz CT molecular complexity index is 499. The van der Waals surface area contributed by atoms with E-state index in [1.807, 2.05) is 0 Å². The zero-order chi connectivity index (χ0) is 14.5. The normalized spacial score (nSPS) is 28.2. The first kappa shape index (κ1) is 15.2. The second-order valence-corrected chi connectivity index (χ2v) is 12.9. The molecule has 0 nitrogen and oxygen atoms in total. The number of rotatable bonds is 2. The second kappa shape index (κ2) is 4.94. The molecule has 0 fully saturated rings. The fourth-order valence-corrected chi connectivity index (χ4v) is 10.9. The fraction of sp³-hybridized carbons (Fsp3) is 0.500. The summed E-state index contributed by atoms with van der Waals surface area (Å²) in [6.45, 7) is 10.5. The molecule has 0 amide bonds. The third kappa shape index (κ3) is 2.30. The van der Waals surface area contributed by atoms with Crippen molar-refractivity contribution in [2.75, 3.05) is 0 Å². The van der Waals surface area contributed by atoms with E-state index in [0.29, 0.717) is 0 Å². The standard InChI is InChI=1S/C16H22Cl2Si/c1-9-7-11(3)15(13(9)5)19(17,18)16-12(4)8-10(2)14(16)6/h7-8,15-16H,1-6H3. The summed E-state index contributed by atoms with van der Waals surface area (Å²) in [5, 5.41) is 0. The lowest BCUT2D eigenvalue weighted by Crippen LogP contribution is -2.34. The first-order valence-electron chi connectivity index (χ1n) is 6.76. The summed E-state index contributed by atoms with van der Waals surface area (Å²) in [7, 11) is 0. The molecule has 2 aliphatic carbocycles. The van der Waals surface area contributed by atoms with Crippen LogP contribution in [0.25, 0.3) is 0 Å². The van der Waals surface area contributed by atoms with Crippen LogP contribution in [-0.2, 0) is 0 Å². The molecular weight excluding hydrogens is 291 g/mol. The van der Waals surface area contributed by atoms with Crippen LogP contribution in [0.1, 0.15) is 41.5 Å². The molecule has 0 saturated heterocycles. The first-order chi connectivity index (χ1) is 8.67. The van der Waals surface area contributed by atoms with Gasteiger partial charge in [-0.1, -0.05) is 45.6 Å². The molecule has 0 aromatic carbocycles. The molecule has 3 heteroatoms. The zero-order valence-electron chi connectivity index (χ0n) is 12.6. The van der Waals surface area contributed by atoms with E-state index in [9.17, 15) is 0 Å². The summed E-state index contributed by atoms with van der Waals surface area (Å²) in [6, 6.07) is 0. The fourth-order valence-electron chi connectivity index (χ4n) is 3.57. The lowest BCUT2D eigenvalue weighted by Gasteiger charge is -2.34. The summed E-state index contributed by atoms with van der Waals surface area (Å²) in [5.41, 5.74) is 8.56. The highest BCUT2D eigenvalue weighted by Crippen LogP contribution is 2.57. The van der Waals surface area contributed by atoms with Crippen molar-refractivity contribution >= 4 is 28.9 Å². The van der Waals surface area contributed by atoms with Gasteiger partial charge in [-0.2, -0.15) is 0 Å². The molecule has 0 heterocycles. The molecule has 0 aliphatic heterocycles. The van der Waals surface area contributed by atoms with Crippen molar-refractivity contribution in [1.82, 2.24) is 0 Å². The largest absolute Gasteiger partial charge is 0.272 e. The molecule has 2 rings (SSSR count). The van der Waals surface area contributed by atoms with E-state index in [-0.39, 0.29) is 11.1 Å². The van der Waals surface area contributed by atoms with Crippen molar-refractivity contribution < 1.29 is 0 Å². The SMILES string of the molecule is CC1=CC(C)=C(C)C1[Si](Cl)(Cl)C1C(C)=CC(C)=C1C. The molecule has 2 unspecified atom stereocenters. The quantitative estimate of drug-likeness (QED) is 0.418. The summed E-state index contributed by atoms with van der Waals surface area (Å²) in [5.74, 6) is 0. The lowest BCUT2D eigenvalue weighted by atomic mass is 10.1. The monoisotopic (exact) mass is 312 g/mol. The maximum atomic E-state index is 7.01. The van der Waals surface area contributed by atoms with Gasteiger partial charge in [-0.3, -0.25) is 0 Å². The van der Waals surface area contributed by atoms with Crippen LogP contribution in [0, 0.1) is 0 Å². The van der Waals surface area contributed by atoms with E-state index >= 15 is 0 Å². The van der Waals surface area contributed by atoms with Gasteiger partial charge >= 0.3 is 0 Å². The zero-order valence-corrected chi connectivity index (χ0v) is 15.1. The molecule has 0 aromatic heterocycles. The van der Waals surface area contributed by atoms with E-state index in [1.54, 1.807) is 0 Å². The predicted molar refractivity (Wildman–Crippen MR) is 89.2 cm³/mol. The number of hydrogen-bond acceptors (Lipinski definition) is 0. The Balaban J connectivity index is 2.46. The van der Waals surface area contributed by atoms with Gasteiger partial charge in [0.15, 0.2) is 0 Å². The first-order valence-corrected chi connectivity index (χ1v) is 10.9. The number of hydrogen-bond donors (Lipinski definition) is 0. The van der Waals surface area contributed by atoms with Crippen LogP contribution in [0.4, 0.5) is 0 Å². The van der Waals surface area contributed by atoms with Gasteiger partial charge < -0.3 is 0 Å². The topological polar surface area (TPSA) is 0 Å². The van der Waals surface area contributed by atoms with Crippen LogP contribution in [0.5, 0.6) is 0 Å². The van der Waals surface area contributed by atoms with Gasteiger partial charge in [-0.15, -0.1) is 22.2 Å². The van der Waals surface area contributed by atoms with Crippen LogP contribution >= 0.6 is 22.2 Å². The minimum atomic E-state index is -2.48. The Morgan fingerprint density at radius 2 is 1.05 bits per heavy atom. The molecule has 104 valence electrons. The maximum Gasteiger partial charge on any atom is 0.272 e. The maximum absolute atomic E-state index is 7.01. The number of halogens is 2. The van der Waals surface area contributed by atoms with E-state index in [0.717, 1.165) is 0 Å². The van der Waals surface area contributed by atoms with Crippen LogP contribution in [-0.4, -0.2) is 6.69 Å². The Labute approximate surface area is 127 Å². The van der Waals surface area contributed by atoms with Crippen LogP contribution in [0.2, 0.25) is 11.1 Å². The Kier molecular flexibility index (Phi) is 3.94. The molecule has 19 heavy (non-hydrogen) atoms. The van der Waals surface area contributed by atoms with Crippen molar-refractivity contribution in [2.45, 2.75) is 52.6 Å². The summed E-state index contributed by atoms with van der Waals surface area (Å²) >= 11 is 14.0. The van der Waals surface area contributed by atoms with E-state index < -0.39 is 6.69 Å². The minimum absolute atomic E-state index is 0.255. The highest BCUT2D eigenvalue weighted by atomic mass is 35.7. The average Bonchev–Trinajstić information content (AvgIpc) is 2.66. The van der Waals surface area contributed by atoms with Gasteiger partial charge in [0.2, 0.25) is 0 Å². The van der Waals surface area contributed by atoms with Gasteiger partial charge in [-0.05, 0) is 41.5 Å². The van der Waals surface area contributed by atoms with Crippen LogP contribution in [0.3, 0.4) is 0 Å². The number of allylic oxidation sites excluding steroid dienone is 8. The Morgan fingerprint density at radius 3 is 1.26 bits per heavy atom. The van der Waals surface area contributed by atoms with E-state index in [2.05, 4.69) is 53.7 Å². The highest BCUT2D eigenvalue weighted by molar-refractivity contribution is 7.47. The van der Waals surface area contributed by atoms with Gasteiger partial charge in [0.1, 0.15) is 0 Å². The Morgan fingerprint density at radius 1 is 0.737 bits per heavy atom. The second-order valence-electron chi connectivity index (χ2n) is 6.05. The van der Waals surface area contributed by atoms with E-state index in [1.165, 1.54) is 33.4 Å². The van der Waals surface area contributed by atoms with Gasteiger partial charge in [0.25, 0.3) is 6.69 Å². The van der Waals surface area contributed by atoms with Gasteiger partial charge in [0.05, 0.1) is 0 Å². The van der Waals surface area contributed by atoms with E-state index in [4.69, 9.17) is 22.2 Å². The van der Waals surface area contributed by atoms with Gasteiger partial charge in [-0.25, -0.2) is 0 Å². The lowest BCUT2D eigenvalue weighted by molar-refractivity contribution is 1.02. The van der Waals surface area contributed by atoms with Crippen molar-refractivity contribution in [3.63, 3.8) is 0 Å². The summed E-state index contributed by atoms with van der Waals surface area (Å²) in [6.07, 6.45) is 4.48. The molecule has 0 N–H and O–H groups in total. The molecule has 0 bridgehead atoms. The third-order valence-corrected chi connectivity index (χ3v) is 10.6. The Hall–Kier alpha value is -0.243. The molecular formula is C16H22Cl2Si. The van der Waals surface area contributed by atoms with Crippen molar-refractivity contribution in [1.29, 1.82) is 0 Å².